The van der Waals surface area contributed by atoms with Crippen LogP contribution >= 0.6 is 0 Å². The molecule has 1 aliphatic heterocycles. The third kappa shape index (κ3) is 7.61. The number of benzene rings is 2. The number of hydrogen-bond donors (Lipinski definition) is 3. The van der Waals surface area contributed by atoms with Crippen molar-refractivity contribution in [3.05, 3.63) is 71.3 Å². The Labute approximate surface area is 178 Å². The van der Waals surface area contributed by atoms with Crippen LogP contribution in [0.4, 0.5) is 0 Å². The predicted octanol–water partition coefficient (Wildman–Crippen LogP) is 2.01. The molecule has 3 N–H and O–H groups in total. The normalized spacial score (nSPS) is 15.0. The Morgan fingerprint density at radius 1 is 0.867 bits per heavy atom. The Balaban J connectivity index is 1.31. The van der Waals surface area contributed by atoms with E-state index in [1.165, 1.54) is 5.56 Å². The highest BCUT2D eigenvalue weighted by atomic mass is 16.3. The molecule has 1 heterocycles. The van der Waals surface area contributed by atoms with Crippen molar-refractivity contribution in [3.8, 4) is 0 Å². The fourth-order valence-corrected chi connectivity index (χ4v) is 3.55. The minimum atomic E-state index is -0.149. The molecule has 0 unspecified atom stereocenters. The second-order valence-electron chi connectivity index (χ2n) is 7.86. The van der Waals surface area contributed by atoms with Crippen LogP contribution in [0.3, 0.4) is 0 Å². The standard InChI is InChI=1S/C24H31N3O3/c28-22-11-14-27(15-12-22)18-21-8-6-20(7-9-21)17-26-23(29)10-13-25-24(30)16-19-4-2-1-3-5-19/h1-9,22,28H,10-18H2,(H,25,30)(H,26,29). The van der Waals surface area contributed by atoms with Crippen LogP contribution in [0, 0.1) is 0 Å². The maximum absolute atomic E-state index is 12.0. The van der Waals surface area contributed by atoms with Crippen LogP contribution in [0.1, 0.15) is 36.0 Å². The zero-order valence-electron chi connectivity index (χ0n) is 17.3. The van der Waals surface area contributed by atoms with Crippen molar-refractivity contribution in [2.45, 2.75) is 44.9 Å². The van der Waals surface area contributed by atoms with Gasteiger partial charge in [-0.15, -0.1) is 0 Å². The number of nitrogens with zero attached hydrogens (tertiary/aromatic N) is 1. The van der Waals surface area contributed by atoms with Gasteiger partial charge in [0, 0.05) is 39.1 Å². The van der Waals surface area contributed by atoms with Crippen LogP contribution in [-0.4, -0.2) is 47.6 Å². The number of aliphatic hydroxyl groups excluding tert-OH is 1. The van der Waals surface area contributed by atoms with Crippen LogP contribution < -0.4 is 10.6 Å². The smallest absolute Gasteiger partial charge is 0.224 e. The summed E-state index contributed by atoms with van der Waals surface area (Å²) in [5.74, 6) is -0.154. The highest BCUT2D eigenvalue weighted by molar-refractivity contribution is 5.80. The molecule has 0 bridgehead atoms. The summed E-state index contributed by atoms with van der Waals surface area (Å²) in [7, 11) is 0. The van der Waals surface area contributed by atoms with E-state index in [-0.39, 0.29) is 24.3 Å². The van der Waals surface area contributed by atoms with Crippen LogP contribution in [0.25, 0.3) is 0 Å². The molecular formula is C24H31N3O3. The van der Waals surface area contributed by atoms with Crippen molar-refractivity contribution in [1.82, 2.24) is 15.5 Å². The third-order valence-electron chi connectivity index (χ3n) is 5.36. The zero-order valence-corrected chi connectivity index (χ0v) is 17.3. The fourth-order valence-electron chi connectivity index (χ4n) is 3.55. The predicted molar refractivity (Wildman–Crippen MR) is 117 cm³/mol. The van der Waals surface area contributed by atoms with E-state index in [1.807, 2.05) is 42.5 Å². The number of nitrogens with one attached hydrogen (secondary N) is 2. The SMILES string of the molecule is O=C(CCNC(=O)Cc1ccccc1)NCc1ccc(CN2CCC(O)CC2)cc1. The van der Waals surface area contributed by atoms with Gasteiger partial charge in [-0.05, 0) is 29.5 Å². The largest absolute Gasteiger partial charge is 0.393 e. The lowest BCUT2D eigenvalue weighted by Gasteiger charge is -2.29. The molecule has 160 valence electrons. The van der Waals surface area contributed by atoms with Crippen LogP contribution in [0.5, 0.6) is 0 Å². The molecular weight excluding hydrogens is 378 g/mol. The monoisotopic (exact) mass is 409 g/mol. The summed E-state index contributed by atoms with van der Waals surface area (Å²) >= 11 is 0. The highest BCUT2D eigenvalue weighted by Gasteiger charge is 2.16. The average Bonchev–Trinajstić information content (AvgIpc) is 2.75. The molecule has 0 aromatic heterocycles. The van der Waals surface area contributed by atoms with Gasteiger partial charge in [0.1, 0.15) is 0 Å². The average molecular weight is 410 g/mol. The first-order chi connectivity index (χ1) is 14.6. The van der Waals surface area contributed by atoms with E-state index in [0.29, 0.717) is 19.5 Å². The van der Waals surface area contributed by atoms with E-state index in [4.69, 9.17) is 0 Å². The van der Waals surface area contributed by atoms with Gasteiger partial charge in [-0.25, -0.2) is 0 Å². The summed E-state index contributed by atoms with van der Waals surface area (Å²) in [6.07, 6.45) is 2.13. The minimum absolute atomic E-state index is 0.0761. The Morgan fingerprint density at radius 3 is 2.23 bits per heavy atom. The molecule has 1 aliphatic rings. The summed E-state index contributed by atoms with van der Waals surface area (Å²) in [5, 5.41) is 15.3. The topological polar surface area (TPSA) is 81.7 Å². The number of hydrogen-bond acceptors (Lipinski definition) is 4. The molecule has 2 amide bonds. The Hall–Kier alpha value is -2.70. The van der Waals surface area contributed by atoms with Crippen LogP contribution in [-0.2, 0) is 29.1 Å². The minimum Gasteiger partial charge on any atom is -0.393 e. The quantitative estimate of drug-likeness (QED) is 0.592. The molecule has 0 atom stereocenters. The lowest BCUT2D eigenvalue weighted by Crippen LogP contribution is -2.35. The third-order valence-corrected chi connectivity index (χ3v) is 5.36. The van der Waals surface area contributed by atoms with E-state index >= 15 is 0 Å². The van der Waals surface area contributed by atoms with Crippen molar-refractivity contribution in [3.63, 3.8) is 0 Å². The summed E-state index contributed by atoms with van der Waals surface area (Å²) in [6, 6.07) is 17.8. The van der Waals surface area contributed by atoms with Crippen LogP contribution in [0.15, 0.2) is 54.6 Å². The molecule has 1 fully saturated rings. The second kappa shape index (κ2) is 11.5. The highest BCUT2D eigenvalue weighted by Crippen LogP contribution is 2.14. The molecule has 6 nitrogen and oxygen atoms in total. The number of likely N-dealkylation sites (tertiary alicyclic amines) is 1. The van der Waals surface area contributed by atoms with Gasteiger partial charge in [0.05, 0.1) is 12.5 Å². The van der Waals surface area contributed by atoms with Gasteiger partial charge in [-0.3, -0.25) is 14.5 Å². The number of carbonyl (C=O) groups is 2. The summed E-state index contributed by atoms with van der Waals surface area (Å²) in [6.45, 7) is 3.57. The first-order valence-electron chi connectivity index (χ1n) is 10.6. The molecule has 6 heteroatoms. The number of aliphatic hydroxyl groups is 1. The lowest BCUT2D eigenvalue weighted by molar-refractivity contribution is -0.122. The van der Waals surface area contributed by atoms with Gasteiger partial charge in [0.15, 0.2) is 0 Å². The lowest BCUT2D eigenvalue weighted by atomic mass is 10.1. The van der Waals surface area contributed by atoms with Crippen molar-refractivity contribution in [2.24, 2.45) is 0 Å². The number of rotatable bonds is 9. The van der Waals surface area contributed by atoms with E-state index in [0.717, 1.165) is 43.6 Å². The maximum Gasteiger partial charge on any atom is 0.224 e. The first-order valence-corrected chi connectivity index (χ1v) is 10.6. The number of piperidine rings is 1. The van der Waals surface area contributed by atoms with Crippen molar-refractivity contribution < 1.29 is 14.7 Å². The van der Waals surface area contributed by atoms with E-state index in [9.17, 15) is 14.7 Å². The number of amides is 2. The van der Waals surface area contributed by atoms with Gasteiger partial charge in [0.2, 0.25) is 11.8 Å². The summed E-state index contributed by atoms with van der Waals surface area (Å²) in [4.78, 5) is 26.3. The van der Waals surface area contributed by atoms with Gasteiger partial charge >= 0.3 is 0 Å². The van der Waals surface area contributed by atoms with Crippen LogP contribution in [0.2, 0.25) is 0 Å². The van der Waals surface area contributed by atoms with Crippen molar-refractivity contribution in [1.29, 1.82) is 0 Å². The zero-order chi connectivity index (χ0) is 21.2. The molecule has 30 heavy (non-hydrogen) atoms. The van der Waals surface area contributed by atoms with Gasteiger partial charge in [-0.2, -0.15) is 0 Å². The van der Waals surface area contributed by atoms with Crippen molar-refractivity contribution in [2.75, 3.05) is 19.6 Å². The molecule has 2 aromatic rings. The molecule has 0 aliphatic carbocycles. The molecule has 0 radical (unpaired) electrons. The molecule has 0 spiro atoms. The summed E-state index contributed by atoms with van der Waals surface area (Å²) < 4.78 is 0. The van der Waals surface area contributed by atoms with Gasteiger partial charge in [-0.1, -0.05) is 54.6 Å². The molecule has 1 saturated heterocycles. The van der Waals surface area contributed by atoms with E-state index in [1.54, 1.807) is 0 Å². The molecule has 2 aromatic carbocycles. The fraction of sp³-hybridized carbons (Fsp3) is 0.417. The first kappa shape index (κ1) is 22.0. The number of carbonyl (C=O) groups excluding carboxylic acids is 2. The van der Waals surface area contributed by atoms with Crippen molar-refractivity contribution >= 4 is 11.8 Å². The van der Waals surface area contributed by atoms with E-state index < -0.39 is 0 Å². The second-order valence-corrected chi connectivity index (χ2v) is 7.86. The Morgan fingerprint density at radius 2 is 1.53 bits per heavy atom. The Kier molecular flexibility index (Phi) is 8.41. The maximum atomic E-state index is 12.0. The van der Waals surface area contributed by atoms with Gasteiger partial charge < -0.3 is 15.7 Å². The van der Waals surface area contributed by atoms with E-state index in [2.05, 4.69) is 27.7 Å². The summed E-state index contributed by atoms with van der Waals surface area (Å²) in [5.41, 5.74) is 3.25. The molecule has 3 rings (SSSR count). The molecule has 0 saturated carbocycles. The Bertz CT molecular complexity index is 800. The van der Waals surface area contributed by atoms with Gasteiger partial charge in [0.25, 0.3) is 0 Å².